The van der Waals surface area contributed by atoms with Gasteiger partial charge in [0.25, 0.3) is 0 Å². The zero-order valence-corrected chi connectivity index (χ0v) is 18.5. The van der Waals surface area contributed by atoms with Crippen molar-refractivity contribution >= 4 is 17.7 Å². The van der Waals surface area contributed by atoms with Crippen LogP contribution in [0.1, 0.15) is 28.7 Å². The van der Waals surface area contributed by atoms with Gasteiger partial charge in [-0.25, -0.2) is 4.39 Å². The molecule has 0 aliphatic heterocycles. The monoisotopic (exact) mass is 384 g/mol. The number of rotatable bonds is 7. The fourth-order valence-electron chi connectivity index (χ4n) is 2.81. The van der Waals surface area contributed by atoms with Crippen LogP contribution in [0, 0.1) is 26.6 Å². The summed E-state index contributed by atoms with van der Waals surface area (Å²) in [5.41, 5.74) is 5.96. The Hall–Kier alpha value is -0.850. The number of benzene rings is 2. The molecule has 3 nitrogen and oxygen atoms in total. The average molecular weight is 384 g/mol. The zero-order chi connectivity index (χ0) is 18.6. The summed E-state index contributed by atoms with van der Waals surface area (Å²) < 4.78 is 13.6. The van der Waals surface area contributed by atoms with Crippen molar-refractivity contribution in [1.82, 2.24) is 0 Å². The number of carbonyl (C=O) groups excluding carboxylic acids is 1. The molecule has 6 heteroatoms. The quantitative estimate of drug-likeness (QED) is 0.691. The maximum Gasteiger partial charge on any atom is 1.00 e. The van der Waals surface area contributed by atoms with Gasteiger partial charge in [-0.05, 0) is 60.7 Å². The van der Waals surface area contributed by atoms with E-state index in [-0.39, 0.29) is 41.8 Å². The number of aliphatic hydroxyl groups is 1. The van der Waals surface area contributed by atoms with Gasteiger partial charge in [0, 0.05) is 23.9 Å². The van der Waals surface area contributed by atoms with Crippen molar-refractivity contribution in [2.45, 2.75) is 39.0 Å². The van der Waals surface area contributed by atoms with Gasteiger partial charge in [-0.2, -0.15) is 11.8 Å². The number of aryl methyl sites for hydroxylation is 3. The summed E-state index contributed by atoms with van der Waals surface area (Å²) in [6, 6.07) is 9.25. The molecule has 134 valence electrons. The molecule has 0 saturated carbocycles. The topological polar surface area (TPSA) is 60.4 Å². The normalized spacial score (nSPS) is 11.7. The summed E-state index contributed by atoms with van der Waals surface area (Å²) in [6.45, 7) is 5.79. The average Bonchev–Trinajstić information content (AvgIpc) is 2.51. The van der Waals surface area contributed by atoms with Gasteiger partial charge in [0.2, 0.25) is 0 Å². The van der Waals surface area contributed by atoms with E-state index in [1.165, 1.54) is 17.8 Å². The number of hydrogen-bond donors (Lipinski definition) is 1. The van der Waals surface area contributed by atoms with Crippen molar-refractivity contribution in [3.8, 4) is 11.1 Å². The van der Waals surface area contributed by atoms with Gasteiger partial charge in [-0.3, -0.25) is 0 Å². The number of halogens is 1. The molecule has 0 fully saturated rings. The van der Waals surface area contributed by atoms with Gasteiger partial charge in [0.1, 0.15) is 5.82 Å². The second kappa shape index (κ2) is 10.5. The predicted octanol–water partition coefficient (Wildman–Crippen LogP) is 0.156. The minimum atomic E-state index is -1.25. The Morgan fingerprint density at radius 1 is 1.19 bits per heavy atom. The Balaban J connectivity index is 0.00000338. The van der Waals surface area contributed by atoms with Crippen molar-refractivity contribution in [3.63, 3.8) is 0 Å². The molecule has 0 heterocycles. The number of hydrogen-bond acceptors (Lipinski definition) is 4. The van der Waals surface area contributed by atoms with Crippen molar-refractivity contribution in [1.29, 1.82) is 0 Å². The number of carboxylic acid groups (broad SMARTS) is 1. The first-order chi connectivity index (χ1) is 11.8. The van der Waals surface area contributed by atoms with E-state index < -0.39 is 12.1 Å². The summed E-state index contributed by atoms with van der Waals surface area (Å²) in [6.07, 6.45) is -1.28. The van der Waals surface area contributed by atoms with Gasteiger partial charge < -0.3 is 15.0 Å². The zero-order valence-electron chi connectivity index (χ0n) is 15.6. The first-order valence-corrected chi connectivity index (χ1v) is 9.25. The minimum absolute atomic E-state index is 0. The Morgan fingerprint density at radius 3 is 2.50 bits per heavy atom. The molecule has 0 spiro atoms. The second-order valence-electron chi connectivity index (χ2n) is 6.32. The molecule has 26 heavy (non-hydrogen) atoms. The molecular weight excluding hydrogens is 362 g/mol. The van der Waals surface area contributed by atoms with Crippen LogP contribution in [0.5, 0.6) is 0 Å². The van der Waals surface area contributed by atoms with Crippen LogP contribution in [-0.2, 0) is 10.5 Å². The molecule has 0 amide bonds. The molecule has 1 atom stereocenters. The molecule has 0 aliphatic rings. The molecule has 0 radical (unpaired) electrons. The van der Waals surface area contributed by atoms with E-state index in [4.69, 9.17) is 0 Å². The maximum absolute atomic E-state index is 13.6. The second-order valence-corrected chi connectivity index (χ2v) is 7.35. The van der Waals surface area contributed by atoms with E-state index in [9.17, 15) is 19.4 Å². The van der Waals surface area contributed by atoms with Crippen molar-refractivity contribution in [3.05, 3.63) is 58.4 Å². The third-order valence-corrected chi connectivity index (χ3v) is 5.16. The van der Waals surface area contributed by atoms with E-state index in [2.05, 4.69) is 12.1 Å². The molecule has 0 aromatic heterocycles. The fourth-order valence-corrected chi connectivity index (χ4v) is 3.90. The number of thioether (sulfide) groups is 1. The van der Waals surface area contributed by atoms with E-state index in [1.54, 1.807) is 13.0 Å². The summed E-state index contributed by atoms with van der Waals surface area (Å²) in [5.74, 6) is -0.512. The van der Waals surface area contributed by atoms with Crippen LogP contribution < -0.4 is 34.7 Å². The van der Waals surface area contributed by atoms with Gasteiger partial charge in [0.15, 0.2) is 0 Å². The summed E-state index contributed by atoms with van der Waals surface area (Å²) >= 11 is 1.48. The minimum Gasteiger partial charge on any atom is -0.550 e. The van der Waals surface area contributed by atoms with Gasteiger partial charge in [-0.15, -0.1) is 0 Å². The van der Waals surface area contributed by atoms with Crippen LogP contribution in [-0.4, -0.2) is 22.9 Å². The van der Waals surface area contributed by atoms with Crippen LogP contribution in [0.4, 0.5) is 4.39 Å². The first-order valence-electron chi connectivity index (χ1n) is 8.10. The van der Waals surface area contributed by atoms with Gasteiger partial charge in [0.05, 0.1) is 6.10 Å². The van der Waals surface area contributed by atoms with E-state index in [0.29, 0.717) is 17.1 Å². The Morgan fingerprint density at radius 2 is 1.88 bits per heavy atom. The van der Waals surface area contributed by atoms with Crippen LogP contribution in [0.3, 0.4) is 0 Å². The fraction of sp³-hybridized carbons (Fsp3) is 0.350. The molecule has 1 N–H and O–H groups in total. The van der Waals surface area contributed by atoms with Crippen LogP contribution in [0.15, 0.2) is 30.3 Å². The Kier molecular flexibility index (Phi) is 9.34. The number of aliphatic carboxylic acids is 1. The first kappa shape index (κ1) is 23.2. The van der Waals surface area contributed by atoms with E-state index in [0.717, 1.165) is 27.8 Å². The maximum atomic E-state index is 13.6. The predicted molar refractivity (Wildman–Crippen MR) is 97.8 cm³/mol. The van der Waals surface area contributed by atoms with Crippen LogP contribution in [0.2, 0.25) is 0 Å². The van der Waals surface area contributed by atoms with E-state index in [1.807, 2.05) is 19.9 Å². The van der Waals surface area contributed by atoms with Gasteiger partial charge >= 0.3 is 29.6 Å². The largest absolute Gasteiger partial charge is 1.00 e. The standard InChI is InChI=1S/C20H23FO3S.Na/c1-12-6-13(2)18(11-25-10-16(22)9-20(23)24)17(7-12)15-4-5-19(21)14(3)8-15;/h4-8,16,22H,9-11H2,1-3H3,(H,23,24);/q;+1/p-1. The van der Waals surface area contributed by atoms with Crippen LogP contribution >= 0.6 is 11.8 Å². The molecule has 2 aromatic carbocycles. The van der Waals surface area contributed by atoms with Crippen molar-refractivity contribution in [2.75, 3.05) is 5.75 Å². The molecule has 2 aromatic rings. The molecule has 2 rings (SSSR count). The van der Waals surface area contributed by atoms with Crippen LogP contribution in [0.25, 0.3) is 11.1 Å². The van der Waals surface area contributed by atoms with E-state index >= 15 is 0 Å². The summed E-state index contributed by atoms with van der Waals surface area (Å²) in [5, 5.41) is 20.2. The number of carboxylic acids is 1. The number of carbonyl (C=O) groups is 1. The third-order valence-electron chi connectivity index (χ3n) is 4.05. The van der Waals surface area contributed by atoms with Gasteiger partial charge in [-0.1, -0.05) is 23.8 Å². The van der Waals surface area contributed by atoms with Crippen molar-refractivity contribution in [2.24, 2.45) is 0 Å². The smallest absolute Gasteiger partial charge is 0.550 e. The Labute approximate surface area is 180 Å². The molecule has 0 aliphatic carbocycles. The summed E-state index contributed by atoms with van der Waals surface area (Å²) in [4.78, 5) is 10.5. The molecule has 0 bridgehead atoms. The molecule has 1 unspecified atom stereocenters. The molecule has 0 saturated heterocycles. The number of aliphatic hydroxyl groups excluding tert-OH is 1. The van der Waals surface area contributed by atoms with Crippen molar-refractivity contribution < 1.29 is 49.0 Å². The molecular formula is C20H22FNaO3S. The Bertz CT molecular complexity index is 780. The SMILES string of the molecule is Cc1cc(C)c(CSCC(O)CC(=O)[O-])c(-c2ccc(F)c(C)c2)c1.[Na+]. The third kappa shape index (κ3) is 6.39. The summed E-state index contributed by atoms with van der Waals surface area (Å²) in [7, 11) is 0.